The first kappa shape index (κ1) is 12.9. The van der Waals surface area contributed by atoms with Crippen LogP contribution in [0.25, 0.3) is 0 Å². The van der Waals surface area contributed by atoms with Crippen molar-refractivity contribution in [3.63, 3.8) is 0 Å². The second-order valence-electron chi connectivity index (χ2n) is 6.10. The van der Waals surface area contributed by atoms with E-state index >= 15 is 0 Å². The van der Waals surface area contributed by atoms with Gasteiger partial charge in [0.1, 0.15) is 11.4 Å². The Balaban J connectivity index is 2.19. The molecular formula is C16H18N2O2. The smallest absolute Gasteiger partial charge is 0.253 e. The fourth-order valence-corrected chi connectivity index (χ4v) is 3.02. The molecule has 2 N–H and O–H groups in total. The molecule has 0 aromatic heterocycles. The summed E-state index contributed by atoms with van der Waals surface area (Å²) in [6, 6.07) is 6.34. The van der Waals surface area contributed by atoms with Crippen LogP contribution in [0.2, 0.25) is 0 Å². The lowest BCUT2D eigenvalue weighted by atomic mass is 9.86. The molecule has 1 aliphatic heterocycles. The van der Waals surface area contributed by atoms with E-state index < -0.39 is 10.9 Å². The minimum Gasteiger partial charge on any atom is -0.394 e. The lowest BCUT2D eigenvalue weighted by Gasteiger charge is -2.24. The van der Waals surface area contributed by atoms with E-state index in [2.05, 4.69) is 39.0 Å². The summed E-state index contributed by atoms with van der Waals surface area (Å²) in [6.07, 6.45) is 0.933. The molecule has 4 nitrogen and oxygen atoms in total. The molecule has 0 unspecified atom stereocenters. The summed E-state index contributed by atoms with van der Waals surface area (Å²) in [4.78, 5) is 25.1. The molecule has 0 bridgehead atoms. The Morgan fingerprint density at radius 3 is 2.55 bits per heavy atom. The molecule has 0 saturated carbocycles. The van der Waals surface area contributed by atoms with Crippen molar-refractivity contribution in [1.29, 1.82) is 0 Å². The lowest BCUT2D eigenvalue weighted by molar-refractivity contribution is 0.568. The van der Waals surface area contributed by atoms with Crippen LogP contribution in [0.5, 0.6) is 0 Å². The van der Waals surface area contributed by atoms with E-state index in [1.54, 1.807) is 0 Å². The Bertz CT molecular complexity index is 767. The van der Waals surface area contributed by atoms with Gasteiger partial charge in [-0.25, -0.2) is 0 Å². The van der Waals surface area contributed by atoms with Crippen LogP contribution in [0.15, 0.2) is 27.8 Å². The van der Waals surface area contributed by atoms with E-state index in [9.17, 15) is 9.59 Å². The van der Waals surface area contributed by atoms with Gasteiger partial charge in [-0.1, -0.05) is 32.9 Å². The Morgan fingerprint density at radius 2 is 1.95 bits per heavy atom. The lowest BCUT2D eigenvalue weighted by Crippen LogP contribution is -2.41. The summed E-state index contributed by atoms with van der Waals surface area (Å²) in [6.45, 7) is 7.04. The number of fused-ring (bicyclic) bond motifs is 1. The molecule has 0 atom stereocenters. The SMILES string of the molecule is CCc1ccc2c(c1)N(c1c(N)c(=O)c1=O)CC2(C)C. The monoisotopic (exact) mass is 270 g/mol. The van der Waals surface area contributed by atoms with Crippen LogP contribution in [0.4, 0.5) is 17.1 Å². The average Bonchev–Trinajstić information content (AvgIpc) is 2.69. The Labute approximate surface area is 117 Å². The molecule has 104 valence electrons. The summed E-state index contributed by atoms with van der Waals surface area (Å²) in [7, 11) is 0. The number of hydrogen-bond acceptors (Lipinski definition) is 4. The van der Waals surface area contributed by atoms with Gasteiger partial charge in [0.15, 0.2) is 0 Å². The van der Waals surface area contributed by atoms with Gasteiger partial charge < -0.3 is 10.6 Å². The van der Waals surface area contributed by atoms with Crippen LogP contribution in [-0.4, -0.2) is 6.54 Å². The maximum Gasteiger partial charge on any atom is 0.253 e. The Kier molecular flexibility index (Phi) is 2.55. The van der Waals surface area contributed by atoms with Crippen LogP contribution in [0.3, 0.4) is 0 Å². The number of nitrogens with two attached hydrogens (primary N) is 1. The molecule has 1 heterocycles. The number of aryl methyl sites for hydroxylation is 1. The first-order valence-electron chi connectivity index (χ1n) is 6.86. The van der Waals surface area contributed by atoms with Gasteiger partial charge in [-0.3, -0.25) is 9.59 Å². The predicted molar refractivity (Wildman–Crippen MR) is 81.6 cm³/mol. The molecule has 0 spiro atoms. The van der Waals surface area contributed by atoms with Crippen molar-refractivity contribution in [2.75, 3.05) is 17.2 Å². The van der Waals surface area contributed by atoms with E-state index in [0.717, 1.165) is 12.1 Å². The zero-order chi connectivity index (χ0) is 14.7. The molecule has 0 aliphatic carbocycles. The fraction of sp³-hybridized carbons (Fsp3) is 0.375. The molecule has 3 rings (SSSR count). The van der Waals surface area contributed by atoms with Crippen molar-refractivity contribution < 1.29 is 0 Å². The molecule has 0 saturated heterocycles. The molecule has 2 aromatic carbocycles. The number of anilines is 3. The van der Waals surface area contributed by atoms with E-state index in [1.165, 1.54) is 11.1 Å². The molecular weight excluding hydrogens is 252 g/mol. The summed E-state index contributed by atoms with van der Waals surface area (Å²) >= 11 is 0. The van der Waals surface area contributed by atoms with Gasteiger partial charge in [-0.15, -0.1) is 0 Å². The zero-order valence-corrected chi connectivity index (χ0v) is 12.0. The van der Waals surface area contributed by atoms with Crippen molar-refractivity contribution >= 4 is 17.1 Å². The Hall–Kier alpha value is -2.10. The van der Waals surface area contributed by atoms with E-state index in [1.807, 2.05) is 4.90 Å². The summed E-state index contributed by atoms with van der Waals surface area (Å²) < 4.78 is 0. The molecule has 4 heteroatoms. The van der Waals surface area contributed by atoms with Crippen LogP contribution in [-0.2, 0) is 11.8 Å². The first-order chi connectivity index (χ1) is 9.36. The fourth-order valence-electron chi connectivity index (χ4n) is 3.02. The van der Waals surface area contributed by atoms with Gasteiger partial charge in [0.2, 0.25) is 0 Å². The van der Waals surface area contributed by atoms with Crippen LogP contribution in [0, 0.1) is 0 Å². The van der Waals surface area contributed by atoms with Crippen molar-refractivity contribution in [1.82, 2.24) is 0 Å². The second kappa shape index (κ2) is 3.95. The zero-order valence-electron chi connectivity index (χ0n) is 12.0. The van der Waals surface area contributed by atoms with Crippen molar-refractivity contribution in [2.45, 2.75) is 32.6 Å². The molecule has 1 aliphatic rings. The van der Waals surface area contributed by atoms with Crippen LogP contribution < -0.4 is 21.5 Å². The van der Waals surface area contributed by atoms with E-state index in [0.29, 0.717) is 12.2 Å². The largest absolute Gasteiger partial charge is 0.394 e. The van der Waals surface area contributed by atoms with Crippen LogP contribution >= 0.6 is 0 Å². The third-order valence-corrected chi connectivity index (χ3v) is 4.23. The normalized spacial score (nSPS) is 16.6. The van der Waals surface area contributed by atoms with Gasteiger partial charge in [-0.2, -0.15) is 0 Å². The average molecular weight is 270 g/mol. The van der Waals surface area contributed by atoms with Gasteiger partial charge in [0.05, 0.1) is 0 Å². The van der Waals surface area contributed by atoms with Crippen molar-refractivity contribution in [3.05, 3.63) is 49.8 Å². The van der Waals surface area contributed by atoms with Crippen LogP contribution in [0.1, 0.15) is 31.9 Å². The number of rotatable bonds is 2. The Morgan fingerprint density at radius 1 is 1.25 bits per heavy atom. The van der Waals surface area contributed by atoms with Gasteiger partial charge in [-0.05, 0) is 23.6 Å². The van der Waals surface area contributed by atoms with Crippen molar-refractivity contribution in [3.8, 4) is 0 Å². The van der Waals surface area contributed by atoms with E-state index in [-0.39, 0.29) is 11.1 Å². The highest BCUT2D eigenvalue weighted by Gasteiger charge is 2.39. The molecule has 2 aromatic rings. The number of nitrogens with zero attached hydrogens (tertiary/aromatic N) is 1. The standard InChI is InChI=1S/C16H18N2O2/c1-4-9-5-6-10-11(7-9)18(8-16(10,2)3)13-12(17)14(19)15(13)20/h5-7H,4,8,17H2,1-3H3. The second-order valence-corrected chi connectivity index (χ2v) is 6.10. The predicted octanol–water partition coefficient (Wildman–Crippen LogP) is 1.86. The molecule has 0 amide bonds. The van der Waals surface area contributed by atoms with E-state index in [4.69, 9.17) is 5.73 Å². The van der Waals surface area contributed by atoms with Gasteiger partial charge in [0, 0.05) is 17.6 Å². The topological polar surface area (TPSA) is 63.4 Å². The highest BCUT2D eigenvalue weighted by molar-refractivity contribution is 5.82. The third kappa shape index (κ3) is 1.54. The molecule has 0 radical (unpaired) electrons. The first-order valence-corrected chi connectivity index (χ1v) is 6.86. The quantitative estimate of drug-likeness (QED) is 0.846. The van der Waals surface area contributed by atoms with Crippen molar-refractivity contribution in [2.24, 2.45) is 0 Å². The number of hydrogen-bond donors (Lipinski definition) is 1. The minimum absolute atomic E-state index is 0.0617. The summed E-state index contributed by atoms with van der Waals surface area (Å²) in [5.41, 5.74) is 8.52. The van der Waals surface area contributed by atoms with Gasteiger partial charge in [0.25, 0.3) is 10.9 Å². The highest BCUT2D eigenvalue weighted by atomic mass is 16.2. The maximum atomic E-state index is 11.8. The van der Waals surface area contributed by atoms with Gasteiger partial charge >= 0.3 is 0 Å². The molecule has 0 fully saturated rings. The molecule has 20 heavy (non-hydrogen) atoms. The minimum atomic E-state index is -0.557. The summed E-state index contributed by atoms with van der Waals surface area (Å²) in [5.74, 6) is 0. The summed E-state index contributed by atoms with van der Waals surface area (Å²) in [5, 5.41) is 0. The number of benzene rings is 1. The highest BCUT2D eigenvalue weighted by Crippen LogP contribution is 2.45. The third-order valence-electron chi connectivity index (χ3n) is 4.23. The maximum absolute atomic E-state index is 11.8. The number of nitrogen functional groups attached to an aromatic ring is 1.